The van der Waals surface area contributed by atoms with Crippen molar-refractivity contribution in [2.45, 2.75) is 182 Å². The molecule has 4 aliphatic carbocycles. The van der Waals surface area contributed by atoms with Crippen molar-refractivity contribution in [1.29, 1.82) is 0 Å². The summed E-state index contributed by atoms with van der Waals surface area (Å²) in [5, 5.41) is 25.8. The Bertz CT molecular complexity index is 1240. The van der Waals surface area contributed by atoms with E-state index in [1.807, 2.05) is 40.9 Å². The summed E-state index contributed by atoms with van der Waals surface area (Å²) in [6.45, 7) is 23.4. The fourth-order valence-corrected chi connectivity index (χ4v) is 12.9. The first-order chi connectivity index (χ1) is 22.4. The van der Waals surface area contributed by atoms with Gasteiger partial charge in [-0.05, 0) is 158 Å². The average Bonchev–Trinajstić information content (AvgIpc) is 3.56. The molecule has 8 nitrogen and oxygen atoms in total. The third kappa shape index (κ3) is 6.83. The van der Waals surface area contributed by atoms with Gasteiger partial charge in [-0.1, -0.05) is 34.6 Å². The molecule has 5 fully saturated rings. The van der Waals surface area contributed by atoms with Crippen LogP contribution < -0.4 is 5.32 Å². The van der Waals surface area contributed by atoms with Crippen LogP contribution in [0, 0.1) is 45.3 Å². The van der Waals surface area contributed by atoms with Gasteiger partial charge in [0.25, 0.3) is 0 Å². The Morgan fingerprint density at radius 1 is 0.918 bits per heavy atom. The first-order valence-electron chi connectivity index (χ1n) is 19.2. The topological polar surface area (TPSA) is 114 Å². The number of fused-ring (bicyclic) bond motifs is 5. The molecule has 0 aromatic carbocycles. The first kappa shape index (κ1) is 39.2. The number of amides is 1. The standard InChI is InChI=1S/C40H69NO7S/c1-34(2,3)48-33(44)41-25(17-22-49-12)32(43)46-29-15-18-37(8)27(35(29,4)5)14-20-38(9)28(37)23-26(42)31-24(13-19-39(31,38)10)40(11)21-16-30(47-40)36(6,7)45/h24-31,42,45H,13-23H2,1-12H3,(H,41,44)/t24-,25-,26+,27-,28+,29-,30+,31-,37-,38+,39+,40-/m0/s1. The van der Waals surface area contributed by atoms with Crippen LogP contribution in [0.2, 0.25) is 0 Å². The van der Waals surface area contributed by atoms with Gasteiger partial charge in [-0.15, -0.1) is 0 Å². The Labute approximate surface area is 301 Å². The van der Waals surface area contributed by atoms with Gasteiger partial charge in [0.15, 0.2) is 0 Å². The van der Waals surface area contributed by atoms with Gasteiger partial charge in [0, 0.05) is 5.41 Å². The molecule has 0 spiro atoms. The van der Waals surface area contributed by atoms with Gasteiger partial charge in [-0.3, -0.25) is 0 Å². The molecule has 1 heterocycles. The van der Waals surface area contributed by atoms with Crippen molar-refractivity contribution in [3.63, 3.8) is 0 Å². The largest absolute Gasteiger partial charge is 0.460 e. The molecule has 282 valence electrons. The maximum atomic E-state index is 13.7. The lowest BCUT2D eigenvalue weighted by Gasteiger charge is -2.70. The number of alkyl carbamates (subject to hydrolysis) is 1. The zero-order valence-electron chi connectivity index (χ0n) is 32.7. The van der Waals surface area contributed by atoms with Crippen molar-refractivity contribution in [2.75, 3.05) is 12.0 Å². The summed E-state index contributed by atoms with van der Waals surface area (Å²) in [6, 6.07) is -0.758. The highest BCUT2D eigenvalue weighted by Gasteiger charge is 2.72. The summed E-state index contributed by atoms with van der Waals surface area (Å²) in [7, 11) is 0. The summed E-state index contributed by atoms with van der Waals surface area (Å²) < 4.78 is 18.6. The molecule has 0 bridgehead atoms. The lowest BCUT2D eigenvalue weighted by molar-refractivity contribution is -0.251. The van der Waals surface area contributed by atoms with E-state index in [9.17, 15) is 19.8 Å². The van der Waals surface area contributed by atoms with Crippen LogP contribution in [0.1, 0.15) is 140 Å². The number of thioether (sulfide) groups is 1. The summed E-state index contributed by atoms with van der Waals surface area (Å²) in [6.07, 6.45) is 9.62. The minimum atomic E-state index is -0.876. The molecular weight excluding hydrogens is 639 g/mol. The number of nitrogens with one attached hydrogen (secondary N) is 1. The zero-order chi connectivity index (χ0) is 36.6. The van der Waals surface area contributed by atoms with Crippen LogP contribution in [0.25, 0.3) is 0 Å². The number of aliphatic hydroxyl groups is 2. The van der Waals surface area contributed by atoms with Crippen LogP contribution in [-0.2, 0) is 19.0 Å². The second-order valence-electron chi connectivity index (χ2n) is 19.8. The van der Waals surface area contributed by atoms with Crippen LogP contribution in [0.15, 0.2) is 0 Å². The SMILES string of the molecule is CSCC[C@H](NC(=O)OC(C)(C)C)C(=O)O[C@H]1CC[C@]2(C)[C@H]3C[C@@H](O)[C@@H]4[C@@H]([C@]5(C)CC[C@H](C(C)(C)O)O5)CC[C@@]4(C)[C@]3(C)CC[C@H]2C1(C)C. The number of esters is 1. The molecular formula is C40H69NO7S. The van der Waals surface area contributed by atoms with Crippen LogP contribution >= 0.6 is 11.8 Å². The number of rotatable bonds is 8. The van der Waals surface area contributed by atoms with E-state index >= 15 is 0 Å². The first-order valence-corrected chi connectivity index (χ1v) is 20.6. The maximum absolute atomic E-state index is 13.7. The Morgan fingerprint density at radius 3 is 2.16 bits per heavy atom. The van der Waals surface area contributed by atoms with Gasteiger partial charge in [-0.25, -0.2) is 9.59 Å². The molecule has 0 radical (unpaired) electrons. The van der Waals surface area contributed by atoms with Crippen LogP contribution in [0.5, 0.6) is 0 Å². The highest BCUT2D eigenvalue weighted by molar-refractivity contribution is 7.98. The molecule has 1 aliphatic heterocycles. The third-order valence-corrected chi connectivity index (χ3v) is 15.7. The monoisotopic (exact) mass is 707 g/mol. The summed E-state index contributed by atoms with van der Waals surface area (Å²) in [5.74, 6) is 1.47. The van der Waals surface area contributed by atoms with Crippen molar-refractivity contribution in [3.8, 4) is 0 Å². The lowest BCUT2D eigenvalue weighted by atomic mass is 9.35. The van der Waals surface area contributed by atoms with Gasteiger partial charge >= 0.3 is 12.1 Å². The number of carbonyl (C=O) groups is 2. The van der Waals surface area contributed by atoms with Crippen molar-refractivity contribution in [3.05, 3.63) is 0 Å². The number of aliphatic hydroxyl groups excluding tert-OH is 1. The van der Waals surface area contributed by atoms with Crippen molar-refractivity contribution >= 4 is 23.8 Å². The van der Waals surface area contributed by atoms with Crippen molar-refractivity contribution in [1.82, 2.24) is 5.32 Å². The Kier molecular flexibility index (Phi) is 10.5. The fourth-order valence-electron chi connectivity index (χ4n) is 12.4. The van der Waals surface area contributed by atoms with E-state index < -0.39 is 29.4 Å². The van der Waals surface area contributed by atoms with E-state index in [2.05, 4.69) is 46.9 Å². The minimum absolute atomic E-state index is 0.000755. The van der Waals surface area contributed by atoms with E-state index in [-0.39, 0.29) is 57.3 Å². The van der Waals surface area contributed by atoms with Crippen LogP contribution in [0.4, 0.5) is 4.79 Å². The Balaban J connectivity index is 1.34. The molecule has 1 amide bonds. The lowest BCUT2D eigenvalue weighted by Crippen LogP contribution is -2.67. The fraction of sp³-hybridized carbons (Fsp3) is 0.950. The van der Waals surface area contributed by atoms with E-state index in [1.165, 1.54) is 0 Å². The summed E-state index contributed by atoms with van der Waals surface area (Å²) in [5.41, 5.74) is -2.08. The second-order valence-corrected chi connectivity index (χ2v) is 20.8. The van der Waals surface area contributed by atoms with E-state index in [4.69, 9.17) is 14.2 Å². The zero-order valence-corrected chi connectivity index (χ0v) is 33.6. The number of hydrogen-bond donors (Lipinski definition) is 3. The average molecular weight is 708 g/mol. The predicted molar refractivity (Wildman–Crippen MR) is 195 cm³/mol. The van der Waals surface area contributed by atoms with E-state index in [0.717, 1.165) is 63.5 Å². The third-order valence-electron chi connectivity index (χ3n) is 15.1. The van der Waals surface area contributed by atoms with Crippen LogP contribution in [0.3, 0.4) is 0 Å². The van der Waals surface area contributed by atoms with Crippen molar-refractivity contribution < 1.29 is 34.0 Å². The quantitative estimate of drug-likeness (QED) is 0.218. The van der Waals surface area contributed by atoms with E-state index in [1.54, 1.807) is 11.8 Å². The van der Waals surface area contributed by atoms with Gasteiger partial charge in [0.1, 0.15) is 17.7 Å². The van der Waals surface area contributed by atoms with E-state index in [0.29, 0.717) is 18.3 Å². The molecule has 1 saturated heterocycles. The highest BCUT2D eigenvalue weighted by atomic mass is 32.2. The minimum Gasteiger partial charge on any atom is -0.460 e. The Morgan fingerprint density at radius 2 is 1.57 bits per heavy atom. The van der Waals surface area contributed by atoms with Crippen LogP contribution in [-0.4, -0.2) is 75.4 Å². The van der Waals surface area contributed by atoms with Gasteiger partial charge in [-0.2, -0.15) is 11.8 Å². The molecule has 3 N–H and O–H groups in total. The van der Waals surface area contributed by atoms with Gasteiger partial charge in [0.05, 0.1) is 23.4 Å². The summed E-state index contributed by atoms with van der Waals surface area (Å²) in [4.78, 5) is 26.4. The normalized spacial score (nSPS) is 43.9. The molecule has 9 heteroatoms. The van der Waals surface area contributed by atoms with Gasteiger partial charge in [0.2, 0.25) is 0 Å². The predicted octanol–water partition coefficient (Wildman–Crippen LogP) is 7.91. The number of ether oxygens (including phenoxy) is 3. The molecule has 4 saturated carbocycles. The molecule has 49 heavy (non-hydrogen) atoms. The molecule has 0 aromatic rings. The molecule has 5 aliphatic rings. The van der Waals surface area contributed by atoms with Crippen molar-refractivity contribution in [2.24, 2.45) is 45.3 Å². The Hall–Kier alpha value is -1.03. The molecule has 12 atom stereocenters. The van der Waals surface area contributed by atoms with Gasteiger partial charge < -0.3 is 29.7 Å². The second kappa shape index (κ2) is 13.1. The highest BCUT2D eigenvalue weighted by Crippen LogP contribution is 2.76. The maximum Gasteiger partial charge on any atom is 0.408 e. The smallest absolute Gasteiger partial charge is 0.408 e. The molecule has 5 rings (SSSR count). The number of carbonyl (C=O) groups excluding carboxylic acids is 2. The number of hydrogen-bond acceptors (Lipinski definition) is 8. The molecule has 0 unspecified atom stereocenters. The summed E-state index contributed by atoms with van der Waals surface area (Å²) >= 11 is 1.63. The molecule has 0 aromatic heterocycles.